The third-order valence-corrected chi connectivity index (χ3v) is 4.63. The molecule has 2 nitrogen and oxygen atoms in total. The van der Waals surface area contributed by atoms with E-state index in [0.29, 0.717) is 10.0 Å². The molecule has 1 heterocycles. The van der Waals surface area contributed by atoms with Gasteiger partial charge in [0.05, 0.1) is 10.9 Å². The van der Waals surface area contributed by atoms with Gasteiger partial charge in [-0.05, 0) is 18.2 Å². The first-order valence-corrected chi connectivity index (χ1v) is 7.63. The molecule has 1 N–H and O–H groups in total. The molecule has 2 rings (SSSR count). The fourth-order valence-corrected chi connectivity index (χ4v) is 3.89. The average molecular weight is 315 g/mol. The van der Waals surface area contributed by atoms with Crippen molar-refractivity contribution in [3.05, 3.63) is 51.8 Å². The van der Waals surface area contributed by atoms with Gasteiger partial charge >= 0.3 is 0 Å². The zero-order valence-corrected chi connectivity index (χ0v) is 13.4. The van der Waals surface area contributed by atoms with Gasteiger partial charge in [-0.3, -0.25) is 5.10 Å². The monoisotopic (exact) mass is 314 g/mol. The van der Waals surface area contributed by atoms with E-state index in [9.17, 15) is 0 Å². The average Bonchev–Trinajstić information content (AvgIpc) is 2.78. The van der Waals surface area contributed by atoms with E-state index in [1.165, 1.54) is 0 Å². The minimum atomic E-state index is 0.0451. The first-order valence-electron chi connectivity index (χ1n) is 5.99. The second kappa shape index (κ2) is 5.78. The van der Waals surface area contributed by atoms with Crippen molar-refractivity contribution in [3.63, 3.8) is 0 Å². The molecule has 0 bridgehead atoms. The topological polar surface area (TPSA) is 28.7 Å². The standard InChI is InChI=1S/C14H16Cl2N2S/c1-14(2,3)19-13(11-7-8-17-18-11)12-9(15)5-4-6-10(12)16/h4-8,13H,1-3H3,(H,17,18). The SMILES string of the molecule is CC(C)(C)SC(c1ccn[nH]1)c1c(Cl)cccc1Cl. The Morgan fingerprint density at radius 3 is 2.26 bits per heavy atom. The van der Waals surface area contributed by atoms with Crippen LogP contribution >= 0.6 is 35.0 Å². The Morgan fingerprint density at radius 1 is 1.16 bits per heavy atom. The van der Waals surface area contributed by atoms with Crippen molar-refractivity contribution in [2.75, 3.05) is 0 Å². The molecule has 0 amide bonds. The van der Waals surface area contributed by atoms with Gasteiger partial charge in [0.2, 0.25) is 0 Å². The minimum absolute atomic E-state index is 0.0451. The summed E-state index contributed by atoms with van der Waals surface area (Å²) in [5.74, 6) is 0. The van der Waals surface area contributed by atoms with Crippen molar-refractivity contribution < 1.29 is 0 Å². The lowest BCUT2D eigenvalue weighted by atomic mass is 10.1. The van der Waals surface area contributed by atoms with Crippen molar-refractivity contribution in [3.8, 4) is 0 Å². The molecular formula is C14H16Cl2N2S. The first-order chi connectivity index (χ1) is 8.88. The molecule has 0 aliphatic heterocycles. The molecule has 0 fully saturated rings. The molecular weight excluding hydrogens is 299 g/mol. The lowest BCUT2D eigenvalue weighted by Gasteiger charge is -2.26. The highest BCUT2D eigenvalue weighted by Crippen LogP contribution is 2.46. The van der Waals surface area contributed by atoms with Crippen molar-refractivity contribution in [1.29, 1.82) is 0 Å². The fourth-order valence-electron chi connectivity index (χ4n) is 1.81. The number of H-pyrrole nitrogens is 1. The van der Waals surface area contributed by atoms with Crippen LogP contribution in [0.2, 0.25) is 10.0 Å². The van der Waals surface area contributed by atoms with Crippen LogP contribution in [0.25, 0.3) is 0 Å². The molecule has 2 aromatic rings. The number of rotatable bonds is 3. The number of aromatic amines is 1. The summed E-state index contributed by atoms with van der Waals surface area (Å²) in [4.78, 5) is 0. The zero-order chi connectivity index (χ0) is 14.0. The van der Waals surface area contributed by atoms with E-state index in [-0.39, 0.29) is 10.00 Å². The maximum atomic E-state index is 6.34. The lowest BCUT2D eigenvalue weighted by Crippen LogP contribution is -2.13. The van der Waals surface area contributed by atoms with E-state index < -0.39 is 0 Å². The molecule has 0 aliphatic rings. The third-order valence-electron chi connectivity index (χ3n) is 2.54. The van der Waals surface area contributed by atoms with Gasteiger partial charge in [0, 0.05) is 26.6 Å². The molecule has 19 heavy (non-hydrogen) atoms. The van der Waals surface area contributed by atoms with Gasteiger partial charge in [-0.1, -0.05) is 50.0 Å². The summed E-state index contributed by atoms with van der Waals surface area (Å²) < 4.78 is 0.0816. The largest absolute Gasteiger partial charge is 0.281 e. The molecule has 0 aliphatic carbocycles. The summed E-state index contributed by atoms with van der Waals surface area (Å²) in [6, 6.07) is 7.56. The smallest absolute Gasteiger partial charge is 0.0747 e. The van der Waals surface area contributed by atoms with Crippen LogP contribution in [0.5, 0.6) is 0 Å². The number of nitrogens with one attached hydrogen (secondary N) is 1. The number of benzene rings is 1. The van der Waals surface area contributed by atoms with Gasteiger partial charge in [0.1, 0.15) is 0 Å². The summed E-state index contributed by atoms with van der Waals surface area (Å²) in [7, 11) is 0. The van der Waals surface area contributed by atoms with Crippen LogP contribution in [-0.4, -0.2) is 14.9 Å². The van der Waals surface area contributed by atoms with E-state index in [0.717, 1.165) is 11.3 Å². The van der Waals surface area contributed by atoms with Crippen molar-refractivity contribution >= 4 is 35.0 Å². The maximum absolute atomic E-state index is 6.34. The van der Waals surface area contributed by atoms with Crippen LogP contribution < -0.4 is 0 Å². The van der Waals surface area contributed by atoms with Crippen LogP contribution in [0.1, 0.15) is 37.3 Å². The summed E-state index contributed by atoms with van der Waals surface area (Å²) in [5, 5.41) is 8.47. The lowest BCUT2D eigenvalue weighted by molar-refractivity contribution is 0.794. The van der Waals surface area contributed by atoms with E-state index in [4.69, 9.17) is 23.2 Å². The highest BCUT2D eigenvalue weighted by Gasteiger charge is 2.27. The predicted molar refractivity (Wildman–Crippen MR) is 84.2 cm³/mol. The van der Waals surface area contributed by atoms with Gasteiger partial charge in [0.25, 0.3) is 0 Å². The van der Waals surface area contributed by atoms with Crippen LogP contribution in [0, 0.1) is 0 Å². The van der Waals surface area contributed by atoms with Gasteiger partial charge in [-0.25, -0.2) is 0 Å². The third kappa shape index (κ3) is 3.68. The Balaban J connectivity index is 2.49. The Bertz CT molecular complexity index is 527. The van der Waals surface area contributed by atoms with Gasteiger partial charge in [0.15, 0.2) is 0 Å². The molecule has 102 valence electrons. The zero-order valence-electron chi connectivity index (χ0n) is 11.1. The molecule has 0 spiro atoms. The minimum Gasteiger partial charge on any atom is -0.281 e. The molecule has 0 radical (unpaired) electrons. The number of hydrogen-bond donors (Lipinski definition) is 1. The predicted octanol–water partition coefficient (Wildman–Crippen LogP) is 5.34. The number of hydrogen-bond acceptors (Lipinski definition) is 2. The molecule has 5 heteroatoms. The van der Waals surface area contributed by atoms with Gasteiger partial charge in [-0.2, -0.15) is 5.10 Å². The first kappa shape index (κ1) is 14.8. The molecule has 1 aromatic heterocycles. The molecule has 0 saturated heterocycles. The Hall–Kier alpha value is -0.640. The summed E-state index contributed by atoms with van der Waals surface area (Å²) >= 11 is 14.5. The van der Waals surface area contributed by atoms with Crippen LogP contribution in [0.3, 0.4) is 0 Å². The van der Waals surface area contributed by atoms with E-state index in [2.05, 4.69) is 31.0 Å². The van der Waals surface area contributed by atoms with E-state index in [1.54, 1.807) is 18.0 Å². The molecule has 1 aromatic carbocycles. The van der Waals surface area contributed by atoms with Crippen molar-refractivity contribution in [2.24, 2.45) is 0 Å². The molecule has 1 atom stereocenters. The summed E-state index contributed by atoms with van der Waals surface area (Å²) in [5.41, 5.74) is 1.95. The second-order valence-electron chi connectivity index (χ2n) is 5.26. The number of thioether (sulfide) groups is 1. The fraction of sp³-hybridized carbons (Fsp3) is 0.357. The normalized spacial score (nSPS) is 13.5. The highest BCUT2D eigenvalue weighted by molar-refractivity contribution is 8.01. The Labute approximate surface area is 127 Å². The van der Waals surface area contributed by atoms with Gasteiger partial charge in [-0.15, -0.1) is 11.8 Å². The van der Waals surface area contributed by atoms with Crippen LogP contribution in [-0.2, 0) is 0 Å². The molecule has 0 saturated carbocycles. The van der Waals surface area contributed by atoms with Gasteiger partial charge < -0.3 is 0 Å². The van der Waals surface area contributed by atoms with E-state index in [1.807, 2.05) is 24.3 Å². The number of aromatic nitrogens is 2. The maximum Gasteiger partial charge on any atom is 0.0747 e. The molecule has 1 unspecified atom stereocenters. The summed E-state index contributed by atoms with van der Waals surface area (Å²) in [6.07, 6.45) is 1.75. The number of nitrogens with zero attached hydrogens (tertiary/aromatic N) is 1. The van der Waals surface area contributed by atoms with Crippen molar-refractivity contribution in [1.82, 2.24) is 10.2 Å². The Morgan fingerprint density at radius 2 is 1.79 bits per heavy atom. The van der Waals surface area contributed by atoms with Crippen LogP contribution in [0.15, 0.2) is 30.5 Å². The second-order valence-corrected chi connectivity index (χ2v) is 8.00. The Kier molecular flexibility index (Phi) is 4.49. The van der Waals surface area contributed by atoms with E-state index >= 15 is 0 Å². The van der Waals surface area contributed by atoms with Crippen LogP contribution in [0.4, 0.5) is 0 Å². The quantitative estimate of drug-likeness (QED) is 0.828. The summed E-state index contributed by atoms with van der Waals surface area (Å²) in [6.45, 7) is 6.52. The van der Waals surface area contributed by atoms with Crippen molar-refractivity contribution in [2.45, 2.75) is 30.8 Å². The number of halogens is 2. The highest BCUT2D eigenvalue weighted by atomic mass is 35.5.